The Bertz CT molecular complexity index is 1080. The highest BCUT2D eigenvalue weighted by molar-refractivity contribution is 5.59. The Morgan fingerprint density at radius 2 is 2.00 bits per heavy atom. The Kier molecular flexibility index (Phi) is 5.55. The number of benzene rings is 1. The fourth-order valence-corrected chi connectivity index (χ4v) is 3.65. The lowest BCUT2D eigenvalue weighted by Crippen LogP contribution is -2.33. The number of nitrogens with two attached hydrogens (primary N) is 1. The van der Waals surface area contributed by atoms with Crippen LogP contribution in [0, 0.1) is 24.2 Å². The van der Waals surface area contributed by atoms with Crippen molar-refractivity contribution in [3.05, 3.63) is 62.9 Å². The quantitative estimate of drug-likeness (QED) is 0.835. The van der Waals surface area contributed by atoms with Gasteiger partial charge in [0.15, 0.2) is 0 Å². The first kappa shape index (κ1) is 20.3. The molecule has 0 saturated heterocycles. The fourth-order valence-electron chi connectivity index (χ4n) is 3.65. The minimum Gasteiger partial charge on any atom is -0.497 e. The van der Waals surface area contributed by atoms with E-state index >= 15 is 0 Å². The third kappa shape index (κ3) is 3.54. The third-order valence-electron chi connectivity index (χ3n) is 4.99. The second kappa shape index (κ2) is 7.92. The number of hydrogen-bond acceptors (Lipinski definition) is 6. The number of methoxy groups -OCH3 is 2. The second-order valence-electron chi connectivity index (χ2n) is 7.41. The first-order valence-electron chi connectivity index (χ1n) is 9.36. The predicted octanol–water partition coefficient (Wildman–Crippen LogP) is 3.05. The lowest BCUT2D eigenvalue weighted by Gasteiger charge is -2.28. The van der Waals surface area contributed by atoms with Gasteiger partial charge in [-0.1, -0.05) is 13.8 Å². The van der Waals surface area contributed by atoms with Gasteiger partial charge in [0.25, 0.3) is 5.56 Å². The van der Waals surface area contributed by atoms with Crippen molar-refractivity contribution in [2.24, 2.45) is 11.7 Å². The number of hydrogen-bond donors (Lipinski definition) is 1. The average molecular weight is 395 g/mol. The zero-order chi connectivity index (χ0) is 21.3. The van der Waals surface area contributed by atoms with Crippen LogP contribution in [0.5, 0.6) is 17.2 Å². The van der Waals surface area contributed by atoms with Crippen molar-refractivity contribution in [1.29, 1.82) is 5.26 Å². The first-order chi connectivity index (χ1) is 13.8. The molecule has 0 bridgehead atoms. The topological polar surface area (TPSA) is 99.5 Å². The number of nitriles is 1. The molecule has 1 atom stereocenters. The molecule has 2 aromatic rings. The van der Waals surface area contributed by atoms with Crippen molar-refractivity contribution in [1.82, 2.24) is 4.57 Å². The van der Waals surface area contributed by atoms with Crippen molar-refractivity contribution in [3.8, 4) is 23.3 Å². The number of pyridine rings is 1. The van der Waals surface area contributed by atoms with Crippen LogP contribution in [0.25, 0.3) is 0 Å². The smallest absolute Gasteiger partial charge is 0.258 e. The monoisotopic (exact) mass is 395 g/mol. The van der Waals surface area contributed by atoms with Crippen LogP contribution in [0.2, 0.25) is 0 Å². The molecule has 0 fully saturated rings. The summed E-state index contributed by atoms with van der Waals surface area (Å²) in [5, 5.41) is 9.82. The van der Waals surface area contributed by atoms with E-state index in [4.69, 9.17) is 19.9 Å². The Morgan fingerprint density at radius 3 is 2.59 bits per heavy atom. The van der Waals surface area contributed by atoms with Gasteiger partial charge in [-0.2, -0.15) is 5.26 Å². The molecular formula is C22H25N3O4. The van der Waals surface area contributed by atoms with E-state index in [9.17, 15) is 10.1 Å². The molecule has 1 aromatic heterocycles. The molecule has 7 heteroatoms. The number of aryl methyl sites for hydroxylation is 1. The summed E-state index contributed by atoms with van der Waals surface area (Å²) in [6.45, 7) is 6.50. The van der Waals surface area contributed by atoms with Crippen molar-refractivity contribution < 1.29 is 14.2 Å². The fraction of sp³-hybridized carbons (Fsp3) is 0.364. The second-order valence-corrected chi connectivity index (χ2v) is 7.41. The molecule has 0 spiro atoms. The summed E-state index contributed by atoms with van der Waals surface area (Å²) in [7, 11) is 3.09. The van der Waals surface area contributed by atoms with Crippen LogP contribution in [0.3, 0.4) is 0 Å². The number of ether oxygens (including phenoxy) is 3. The van der Waals surface area contributed by atoms with E-state index in [1.807, 2.05) is 20.8 Å². The molecule has 29 heavy (non-hydrogen) atoms. The van der Waals surface area contributed by atoms with Gasteiger partial charge in [-0.3, -0.25) is 4.79 Å². The molecule has 1 aliphatic heterocycles. The predicted molar refractivity (Wildman–Crippen MR) is 109 cm³/mol. The minimum atomic E-state index is -0.722. The van der Waals surface area contributed by atoms with E-state index < -0.39 is 5.92 Å². The molecule has 0 saturated carbocycles. The van der Waals surface area contributed by atoms with Crippen molar-refractivity contribution in [2.45, 2.75) is 33.2 Å². The maximum Gasteiger partial charge on any atom is 0.258 e. The Morgan fingerprint density at radius 1 is 1.28 bits per heavy atom. The van der Waals surface area contributed by atoms with Crippen LogP contribution < -0.4 is 25.5 Å². The molecule has 0 amide bonds. The van der Waals surface area contributed by atoms with E-state index in [0.29, 0.717) is 34.9 Å². The van der Waals surface area contributed by atoms with Gasteiger partial charge >= 0.3 is 0 Å². The molecule has 2 N–H and O–H groups in total. The van der Waals surface area contributed by atoms with Gasteiger partial charge in [-0.15, -0.1) is 0 Å². The molecule has 1 aliphatic rings. The third-order valence-corrected chi connectivity index (χ3v) is 4.99. The van der Waals surface area contributed by atoms with Crippen molar-refractivity contribution in [2.75, 3.05) is 14.2 Å². The number of allylic oxidation sites excluding steroid dienone is 1. The maximum absolute atomic E-state index is 13.5. The number of rotatable bonds is 5. The Labute approximate surface area is 169 Å². The molecule has 7 nitrogen and oxygen atoms in total. The van der Waals surface area contributed by atoms with E-state index in [1.54, 1.807) is 35.9 Å². The van der Waals surface area contributed by atoms with Gasteiger partial charge in [0.2, 0.25) is 5.88 Å². The summed E-state index contributed by atoms with van der Waals surface area (Å²) in [6.07, 6.45) is 0. The first-order valence-corrected chi connectivity index (χ1v) is 9.36. The molecule has 3 rings (SSSR count). The standard InChI is InChI=1S/C22H25N3O4/c1-12(2)11-25-13(3)8-18-20(22(25)26)19(16(10-23)21(24)29-18)15-9-14(27-4)6-7-17(15)28-5/h6-9,12,19H,11,24H2,1-5H3/t19-/m1/s1. The lowest BCUT2D eigenvalue weighted by molar-refractivity contribution is 0.378. The highest BCUT2D eigenvalue weighted by Gasteiger charge is 2.36. The minimum absolute atomic E-state index is 0.0183. The van der Waals surface area contributed by atoms with Gasteiger partial charge in [-0.05, 0) is 31.0 Å². The SMILES string of the molecule is COc1ccc(OC)c([C@@H]2C(C#N)=C(N)Oc3cc(C)n(CC(C)C)c(=O)c32)c1. The summed E-state index contributed by atoms with van der Waals surface area (Å²) >= 11 is 0. The molecule has 1 aromatic carbocycles. The van der Waals surface area contributed by atoms with E-state index in [0.717, 1.165) is 5.69 Å². The van der Waals surface area contributed by atoms with Crippen LogP contribution in [0.1, 0.15) is 36.6 Å². The van der Waals surface area contributed by atoms with E-state index in [1.165, 1.54) is 7.11 Å². The zero-order valence-electron chi connectivity index (χ0n) is 17.3. The van der Waals surface area contributed by atoms with Crippen molar-refractivity contribution >= 4 is 0 Å². The molecule has 0 unspecified atom stereocenters. The van der Waals surface area contributed by atoms with Crippen LogP contribution in [-0.2, 0) is 6.54 Å². The van der Waals surface area contributed by atoms with Gasteiger partial charge < -0.3 is 24.5 Å². The summed E-state index contributed by atoms with van der Waals surface area (Å²) in [4.78, 5) is 13.5. The van der Waals surface area contributed by atoms with Gasteiger partial charge in [0.1, 0.15) is 28.9 Å². The van der Waals surface area contributed by atoms with Gasteiger partial charge in [-0.25, -0.2) is 0 Å². The zero-order valence-corrected chi connectivity index (χ0v) is 17.3. The van der Waals surface area contributed by atoms with Gasteiger partial charge in [0, 0.05) is 23.9 Å². The highest BCUT2D eigenvalue weighted by atomic mass is 16.5. The maximum atomic E-state index is 13.5. The lowest BCUT2D eigenvalue weighted by atomic mass is 9.83. The van der Waals surface area contributed by atoms with Gasteiger partial charge in [0.05, 0.1) is 25.7 Å². The van der Waals surface area contributed by atoms with Crippen LogP contribution in [0.4, 0.5) is 0 Å². The average Bonchev–Trinajstić information content (AvgIpc) is 2.69. The molecule has 0 radical (unpaired) electrons. The largest absolute Gasteiger partial charge is 0.497 e. The molecular weight excluding hydrogens is 370 g/mol. The highest BCUT2D eigenvalue weighted by Crippen LogP contribution is 2.44. The number of fused-ring (bicyclic) bond motifs is 1. The van der Waals surface area contributed by atoms with E-state index in [-0.39, 0.29) is 22.9 Å². The molecule has 152 valence electrons. The van der Waals surface area contributed by atoms with E-state index in [2.05, 4.69) is 6.07 Å². The van der Waals surface area contributed by atoms with Crippen molar-refractivity contribution in [3.63, 3.8) is 0 Å². The summed E-state index contributed by atoms with van der Waals surface area (Å²) in [5.41, 5.74) is 7.79. The van der Waals surface area contributed by atoms with Crippen LogP contribution in [-0.4, -0.2) is 18.8 Å². The number of nitrogens with zero attached hydrogens (tertiary/aromatic N) is 2. The summed E-state index contributed by atoms with van der Waals surface area (Å²) in [5.74, 6) is 1.00. The summed E-state index contributed by atoms with van der Waals surface area (Å²) < 4.78 is 18.3. The summed E-state index contributed by atoms with van der Waals surface area (Å²) in [6, 6.07) is 9.17. The molecule has 0 aliphatic carbocycles. The molecule has 2 heterocycles. The Balaban J connectivity index is 2.36. The normalized spacial score (nSPS) is 15.6. The van der Waals surface area contributed by atoms with Crippen LogP contribution >= 0.6 is 0 Å². The van der Waals surface area contributed by atoms with Crippen LogP contribution in [0.15, 0.2) is 40.5 Å². The number of aromatic nitrogens is 1. The Hall–Kier alpha value is -3.40.